The number of aliphatic imine (C=N–C) groups is 1. The number of rotatable bonds is 3. The number of hydrogen-bond acceptors (Lipinski definition) is 6. The second-order valence-corrected chi connectivity index (χ2v) is 8.42. The molecule has 2 aliphatic heterocycles. The van der Waals surface area contributed by atoms with Crippen molar-refractivity contribution in [1.29, 1.82) is 0 Å². The molecule has 0 aliphatic carbocycles. The van der Waals surface area contributed by atoms with E-state index in [0.29, 0.717) is 6.04 Å². The molecular weight excluding hydrogens is 366 g/mol. The molecule has 1 unspecified atom stereocenters. The van der Waals surface area contributed by atoms with Crippen LogP contribution >= 0.6 is 11.3 Å². The molecule has 0 bridgehead atoms. The van der Waals surface area contributed by atoms with E-state index < -0.39 is 0 Å². The summed E-state index contributed by atoms with van der Waals surface area (Å²) in [5, 5.41) is 10.7. The number of piperazine rings is 1. The van der Waals surface area contributed by atoms with Crippen LogP contribution in [-0.4, -0.2) is 41.9 Å². The van der Waals surface area contributed by atoms with Crippen LogP contribution in [0.2, 0.25) is 0 Å². The normalized spacial score (nSPS) is 19.2. The van der Waals surface area contributed by atoms with Gasteiger partial charge in [0.2, 0.25) is 0 Å². The maximum atomic E-state index is 4.71. The number of aromatic nitrogens is 1. The highest BCUT2D eigenvalue weighted by atomic mass is 32.1. The summed E-state index contributed by atoms with van der Waals surface area (Å²) in [5.41, 5.74) is 4.44. The Morgan fingerprint density at radius 1 is 1.11 bits per heavy atom. The molecule has 0 amide bonds. The summed E-state index contributed by atoms with van der Waals surface area (Å²) >= 11 is 1.74. The Morgan fingerprint density at radius 2 is 1.93 bits per heavy atom. The predicted octanol–water partition coefficient (Wildman–Crippen LogP) is 4.09. The van der Waals surface area contributed by atoms with E-state index in [1.807, 2.05) is 12.3 Å². The molecule has 1 saturated heterocycles. The van der Waals surface area contributed by atoms with Gasteiger partial charge in [0.25, 0.3) is 0 Å². The van der Waals surface area contributed by atoms with E-state index in [4.69, 9.17) is 9.98 Å². The third kappa shape index (κ3) is 3.35. The van der Waals surface area contributed by atoms with Crippen LogP contribution in [-0.2, 0) is 6.42 Å². The molecule has 5 nitrogen and oxygen atoms in total. The first-order chi connectivity index (χ1) is 13.8. The van der Waals surface area contributed by atoms with Crippen molar-refractivity contribution in [3.63, 3.8) is 0 Å². The number of para-hydroxylation sites is 2. The smallest absolute Gasteiger partial charge is 0.140 e. The van der Waals surface area contributed by atoms with Crippen molar-refractivity contribution in [3.8, 4) is 0 Å². The number of thiazole rings is 1. The highest BCUT2D eigenvalue weighted by molar-refractivity contribution is 7.16. The van der Waals surface area contributed by atoms with Crippen molar-refractivity contribution in [2.75, 3.05) is 24.6 Å². The number of fused-ring (bicyclic) bond motifs is 2. The molecule has 6 heteroatoms. The molecule has 142 valence electrons. The van der Waals surface area contributed by atoms with Crippen LogP contribution in [0.15, 0.2) is 59.6 Å². The minimum absolute atomic E-state index is 0.407. The standard InChI is InChI=1S/C22H23N5S/c1-16-25-20-14-24-19-9-5-6-10-21(19)27(22(20)28-16)26-12-11-23-18(15-26)13-17-7-3-2-4-8-17/h2-10,14,18,23H,11-13,15H2,1H3. The number of hydrogen-bond donors (Lipinski definition) is 1. The lowest BCUT2D eigenvalue weighted by Crippen LogP contribution is -2.56. The van der Waals surface area contributed by atoms with Crippen molar-refractivity contribution in [1.82, 2.24) is 15.3 Å². The van der Waals surface area contributed by atoms with Crippen LogP contribution in [0, 0.1) is 6.92 Å². The van der Waals surface area contributed by atoms with E-state index in [-0.39, 0.29) is 0 Å². The number of benzene rings is 2. The van der Waals surface area contributed by atoms with Crippen molar-refractivity contribution in [3.05, 3.63) is 70.9 Å². The summed E-state index contributed by atoms with van der Waals surface area (Å²) in [6.07, 6.45) is 2.93. The van der Waals surface area contributed by atoms with Crippen molar-refractivity contribution < 1.29 is 0 Å². The van der Waals surface area contributed by atoms with Crippen LogP contribution in [0.4, 0.5) is 16.4 Å². The molecule has 3 heterocycles. The van der Waals surface area contributed by atoms with Gasteiger partial charge in [0.05, 0.1) is 22.6 Å². The highest BCUT2D eigenvalue weighted by Gasteiger charge is 2.30. The summed E-state index contributed by atoms with van der Waals surface area (Å²) < 4.78 is 0. The fourth-order valence-electron chi connectivity index (χ4n) is 3.97. The van der Waals surface area contributed by atoms with Gasteiger partial charge in [-0.15, -0.1) is 0 Å². The molecule has 2 aromatic carbocycles. The monoisotopic (exact) mass is 389 g/mol. The molecule has 1 aromatic heterocycles. The van der Waals surface area contributed by atoms with E-state index in [2.05, 4.69) is 70.8 Å². The van der Waals surface area contributed by atoms with Gasteiger partial charge in [-0.3, -0.25) is 10.0 Å². The zero-order chi connectivity index (χ0) is 18.9. The Morgan fingerprint density at radius 3 is 2.82 bits per heavy atom. The van der Waals surface area contributed by atoms with E-state index in [0.717, 1.165) is 53.1 Å². The molecule has 28 heavy (non-hydrogen) atoms. The van der Waals surface area contributed by atoms with E-state index in [1.54, 1.807) is 11.3 Å². The number of hydrazine groups is 1. The van der Waals surface area contributed by atoms with Crippen molar-refractivity contribution in [2.24, 2.45) is 4.99 Å². The number of nitrogens with one attached hydrogen (secondary N) is 1. The lowest BCUT2D eigenvalue weighted by Gasteiger charge is -2.41. The van der Waals surface area contributed by atoms with Gasteiger partial charge in [-0.1, -0.05) is 53.8 Å². The van der Waals surface area contributed by atoms with Gasteiger partial charge in [0.1, 0.15) is 10.7 Å². The molecule has 0 radical (unpaired) electrons. The Balaban J connectivity index is 1.48. The summed E-state index contributed by atoms with van der Waals surface area (Å²) in [7, 11) is 0. The van der Waals surface area contributed by atoms with E-state index in [1.165, 1.54) is 5.56 Å². The topological polar surface area (TPSA) is 43.8 Å². The van der Waals surface area contributed by atoms with E-state index >= 15 is 0 Å². The van der Waals surface area contributed by atoms with Gasteiger partial charge < -0.3 is 5.32 Å². The van der Waals surface area contributed by atoms with Crippen LogP contribution < -0.4 is 10.3 Å². The first-order valence-corrected chi connectivity index (χ1v) is 10.5. The van der Waals surface area contributed by atoms with Crippen LogP contribution in [0.1, 0.15) is 16.3 Å². The Kier molecular flexibility index (Phi) is 4.68. The first kappa shape index (κ1) is 17.6. The quantitative estimate of drug-likeness (QED) is 0.733. The Bertz CT molecular complexity index is 997. The third-order valence-electron chi connectivity index (χ3n) is 5.21. The summed E-state index contributed by atoms with van der Waals surface area (Å²) in [6, 6.07) is 19.5. The molecule has 5 rings (SSSR count). The zero-order valence-electron chi connectivity index (χ0n) is 15.9. The average Bonchev–Trinajstić information content (AvgIpc) is 3.01. The zero-order valence-corrected chi connectivity index (χ0v) is 16.7. The summed E-state index contributed by atoms with van der Waals surface area (Å²) in [6.45, 7) is 4.92. The van der Waals surface area contributed by atoms with Gasteiger partial charge in [0, 0.05) is 25.7 Å². The first-order valence-electron chi connectivity index (χ1n) is 9.71. The highest BCUT2D eigenvalue weighted by Crippen LogP contribution is 2.42. The summed E-state index contributed by atoms with van der Waals surface area (Å²) in [4.78, 5) is 9.42. The molecule has 1 fully saturated rings. The molecule has 0 spiro atoms. The lowest BCUT2D eigenvalue weighted by molar-refractivity contribution is 0.202. The number of nitrogens with zero attached hydrogens (tertiary/aromatic N) is 4. The summed E-state index contributed by atoms with van der Waals surface area (Å²) in [5.74, 6) is 0. The molecule has 2 aliphatic rings. The lowest BCUT2D eigenvalue weighted by atomic mass is 10.0. The second-order valence-electron chi connectivity index (χ2n) is 7.24. The van der Waals surface area contributed by atoms with E-state index in [9.17, 15) is 0 Å². The van der Waals surface area contributed by atoms with Gasteiger partial charge >= 0.3 is 0 Å². The maximum absolute atomic E-state index is 4.71. The Labute approximate surface area is 169 Å². The molecule has 1 N–H and O–H groups in total. The van der Waals surface area contributed by atoms with Crippen molar-refractivity contribution in [2.45, 2.75) is 19.4 Å². The molecule has 3 aromatic rings. The fourth-order valence-corrected chi connectivity index (χ4v) is 4.89. The van der Waals surface area contributed by atoms with Gasteiger partial charge in [-0.25, -0.2) is 9.99 Å². The van der Waals surface area contributed by atoms with Crippen LogP contribution in [0.25, 0.3) is 0 Å². The van der Waals surface area contributed by atoms with Crippen LogP contribution in [0.3, 0.4) is 0 Å². The maximum Gasteiger partial charge on any atom is 0.140 e. The van der Waals surface area contributed by atoms with Crippen LogP contribution in [0.5, 0.6) is 0 Å². The third-order valence-corrected chi connectivity index (χ3v) is 6.17. The SMILES string of the molecule is Cc1nc2c(s1)N(N1CCNC(Cc3ccccc3)C1)c1ccccc1N=C2. The van der Waals surface area contributed by atoms with Crippen molar-refractivity contribution >= 4 is 33.9 Å². The molecular formula is C22H23N5S. The number of anilines is 2. The fraction of sp³-hybridized carbons (Fsp3) is 0.273. The Hall–Kier alpha value is -2.54. The number of aryl methyl sites for hydroxylation is 1. The average molecular weight is 390 g/mol. The second kappa shape index (κ2) is 7.47. The van der Waals surface area contributed by atoms with Gasteiger partial charge in [0.15, 0.2) is 0 Å². The molecule has 0 saturated carbocycles. The van der Waals surface area contributed by atoms with Gasteiger partial charge in [-0.05, 0) is 31.0 Å². The minimum atomic E-state index is 0.407. The largest absolute Gasteiger partial charge is 0.311 e. The molecule has 1 atom stereocenters. The van der Waals surface area contributed by atoms with Gasteiger partial charge in [-0.2, -0.15) is 0 Å². The minimum Gasteiger partial charge on any atom is -0.311 e. The predicted molar refractivity (Wildman–Crippen MR) is 116 cm³/mol.